The number of hydrogen-bond donors (Lipinski definition) is 2. The highest BCUT2D eigenvalue weighted by Gasteiger charge is 2.41. The molecule has 2 N–H and O–H groups in total. The molecule has 0 radical (unpaired) electrons. The zero-order valence-electron chi connectivity index (χ0n) is 19.2. The lowest BCUT2D eigenvalue weighted by atomic mass is 9.82. The number of aliphatic hydroxyl groups excluding tert-OH is 1. The summed E-state index contributed by atoms with van der Waals surface area (Å²) in [5.74, 6) is 1.32. The van der Waals surface area contributed by atoms with Crippen LogP contribution < -0.4 is 14.8 Å². The van der Waals surface area contributed by atoms with Crippen molar-refractivity contribution in [3.05, 3.63) is 58.3 Å². The van der Waals surface area contributed by atoms with Crippen LogP contribution in [0.1, 0.15) is 38.5 Å². The summed E-state index contributed by atoms with van der Waals surface area (Å²) in [4.78, 5) is 0. The van der Waals surface area contributed by atoms with Gasteiger partial charge in [0.2, 0.25) is 0 Å². The smallest absolute Gasteiger partial charge is 0.167 e. The summed E-state index contributed by atoms with van der Waals surface area (Å²) < 4.78 is 30.9. The lowest BCUT2D eigenvalue weighted by Crippen LogP contribution is -2.61. The number of halogens is 3. The molecule has 1 aliphatic heterocycles. The quantitative estimate of drug-likeness (QED) is 0.408. The third-order valence-corrected chi connectivity index (χ3v) is 7.24. The van der Waals surface area contributed by atoms with E-state index >= 15 is 0 Å². The molecule has 0 amide bonds. The van der Waals surface area contributed by atoms with Crippen LogP contribution in [0.15, 0.2) is 42.5 Å². The van der Waals surface area contributed by atoms with Crippen LogP contribution in [0.2, 0.25) is 10.0 Å². The molecule has 1 saturated carbocycles. The van der Waals surface area contributed by atoms with E-state index < -0.39 is 17.5 Å². The van der Waals surface area contributed by atoms with Crippen LogP contribution in [-0.2, 0) is 4.74 Å². The molecule has 1 aliphatic carbocycles. The number of nitrogens with one attached hydrogen (secondary N) is 1. The summed E-state index contributed by atoms with van der Waals surface area (Å²) in [6.45, 7) is 1.92. The van der Waals surface area contributed by atoms with Gasteiger partial charge in [-0.15, -0.1) is 0 Å². The SMILES string of the molecule is OC(CCC1CCC(NCC2(Oc3ccc(Cl)c(F)c3)COC2)CC1)COc1ccc(Cl)cc1. The Balaban J connectivity index is 1.13. The minimum absolute atomic E-state index is 0.0859. The fraction of sp³-hybridized carbons (Fsp3) is 0.538. The highest BCUT2D eigenvalue weighted by Crippen LogP contribution is 2.31. The standard InChI is InChI=1S/C26H32Cl2FNO4/c27-19-4-9-22(10-5-19)33-14-21(31)8-3-18-1-6-20(7-2-18)30-15-26(16-32-17-26)34-23-11-12-24(28)25(29)13-23/h4-5,9-13,18,20-21,30-31H,1-3,6-8,14-17H2. The highest BCUT2D eigenvalue weighted by atomic mass is 35.5. The van der Waals surface area contributed by atoms with Crippen molar-refractivity contribution in [1.29, 1.82) is 0 Å². The number of benzene rings is 2. The lowest BCUT2D eigenvalue weighted by Gasteiger charge is -2.43. The van der Waals surface area contributed by atoms with Crippen LogP contribution in [0.5, 0.6) is 11.5 Å². The molecule has 34 heavy (non-hydrogen) atoms. The van der Waals surface area contributed by atoms with Gasteiger partial charge in [-0.05, 0) is 80.8 Å². The van der Waals surface area contributed by atoms with Crippen molar-refractivity contribution in [2.24, 2.45) is 5.92 Å². The van der Waals surface area contributed by atoms with Crippen LogP contribution >= 0.6 is 23.2 Å². The Labute approximate surface area is 210 Å². The Morgan fingerprint density at radius 1 is 1.06 bits per heavy atom. The summed E-state index contributed by atoms with van der Waals surface area (Å²) in [7, 11) is 0. The van der Waals surface area contributed by atoms with Gasteiger partial charge < -0.3 is 24.6 Å². The first-order chi connectivity index (χ1) is 16.4. The summed E-state index contributed by atoms with van der Waals surface area (Å²) in [6, 6.07) is 12.1. The van der Waals surface area contributed by atoms with Gasteiger partial charge in [-0.1, -0.05) is 23.2 Å². The van der Waals surface area contributed by atoms with E-state index in [-0.39, 0.29) is 5.02 Å². The normalized spacial score (nSPS) is 22.6. The molecule has 0 bridgehead atoms. The van der Waals surface area contributed by atoms with Crippen molar-refractivity contribution in [2.75, 3.05) is 26.4 Å². The molecule has 1 saturated heterocycles. The van der Waals surface area contributed by atoms with Crippen molar-refractivity contribution >= 4 is 23.2 Å². The van der Waals surface area contributed by atoms with E-state index in [2.05, 4.69) is 5.32 Å². The average molecular weight is 512 g/mol. The zero-order valence-corrected chi connectivity index (χ0v) is 20.7. The molecule has 4 rings (SSSR count). The number of hydrogen-bond acceptors (Lipinski definition) is 5. The molecular weight excluding hydrogens is 480 g/mol. The van der Waals surface area contributed by atoms with Gasteiger partial charge >= 0.3 is 0 Å². The molecule has 8 heteroatoms. The maximum Gasteiger partial charge on any atom is 0.167 e. The van der Waals surface area contributed by atoms with Crippen LogP contribution in [-0.4, -0.2) is 49.2 Å². The second kappa shape index (κ2) is 11.9. The van der Waals surface area contributed by atoms with Gasteiger partial charge in [0, 0.05) is 23.7 Å². The van der Waals surface area contributed by atoms with Gasteiger partial charge in [-0.25, -0.2) is 4.39 Å². The third kappa shape index (κ3) is 7.22. The van der Waals surface area contributed by atoms with Crippen LogP contribution in [0.4, 0.5) is 4.39 Å². The molecule has 2 aliphatic rings. The van der Waals surface area contributed by atoms with Crippen molar-refractivity contribution < 1.29 is 23.7 Å². The first-order valence-corrected chi connectivity index (χ1v) is 12.7. The third-order valence-electron chi connectivity index (χ3n) is 6.68. The lowest BCUT2D eigenvalue weighted by molar-refractivity contribution is -0.159. The van der Waals surface area contributed by atoms with E-state index in [0.29, 0.717) is 49.1 Å². The second-order valence-corrected chi connectivity index (χ2v) is 10.3. The average Bonchev–Trinajstić information content (AvgIpc) is 2.82. The van der Waals surface area contributed by atoms with Gasteiger partial charge in [-0.2, -0.15) is 0 Å². The minimum Gasteiger partial charge on any atom is -0.491 e. The predicted octanol–water partition coefficient (Wildman–Crippen LogP) is 5.65. The van der Waals surface area contributed by atoms with E-state index in [1.807, 2.05) is 12.1 Å². The molecule has 2 fully saturated rings. The number of ether oxygens (including phenoxy) is 3. The maximum absolute atomic E-state index is 13.8. The fourth-order valence-electron chi connectivity index (χ4n) is 4.54. The van der Waals surface area contributed by atoms with Gasteiger partial charge in [0.05, 0.1) is 24.3 Å². The summed E-state index contributed by atoms with van der Waals surface area (Å²) in [5, 5.41) is 14.7. The molecule has 2 aromatic rings. The van der Waals surface area contributed by atoms with Crippen LogP contribution in [0.3, 0.4) is 0 Å². The Hall–Kier alpha value is -1.57. The second-order valence-electron chi connectivity index (χ2n) is 9.45. The molecule has 1 atom stereocenters. The van der Waals surface area contributed by atoms with Gasteiger partial charge in [0.25, 0.3) is 0 Å². The molecule has 1 unspecified atom stereocenters. The fourth-order valence-corrected chi connectivity index (χ4v) is 4.78. The van der Waals surface area contributed by atoms with E-state index in [9.17, 15) is 9.50 Å². The highest BCUT2D eigenvalue weighted by molar-refractivity contribution is 6.30. The molecule has 5 nitrogen and oxygen atoms in total. The first kappa shape index (κ1) is 25.5. The summed E-state index contributed by atoms with van der Waals surface area (Å²) >= 11 is 11.6. The largest absolute Gasteiger partial charge is 0.491 e. The minimum atomic E-state index is -0.484. The Kier molecular flexibility index (Phi) is 8.94. The Bertz CT molecular complexity index is 918. The predicted molar refractivity (Wildman–Crippen MR) is 132 cm³/mol. The van der Waals surface area contributed by atoms with Crippen molar-refractivity contribution in [3.63, 3.8) is 0 Å². The van der Waals surface area contributed by atoms with Gasteiger partial charge in [-0.3, -0.25) is 0 Å². The maximum atomic E-state index is 13.8. The number of rotatable bonds is 11. The molecule has 186 valence electrons. The summed E-state index contributed by atoms with van der Waals surface area (Å²) in [5.41, 5.74) is -0.467. The van der Waals surface area contributed by atoms with Crippen molar-refractivity contribution in [3.8, 4) is 11.5 Å². The van der Waals surface area contributed by atoms with E-state index in [4.69, 9.17) is 37.4 Å². The first-order valence-electron chi connectivity index (χ1n) is 11.9. The molecule has 0 spiro atoms. The van der Waals surface area contributed by atoms with Crippen molar-refractivity contribution in [2.45, 2.75) is 56.3 Å². The van der Waals surface area contributed by atoms with Crippen molar-refractivity contribution in [1.82, 2.24) is 5.32 Å². The molecule has 0 aromatic heterocycles. The van der Waals surface area contributed by atoms with E-state index in [1.54, 1.807) is 18.2 Å². The number of aliphatic hydroxyl groups is 1. The molecule has 2 aromatic carbocycles. The van der Waals surface area contributed by atoms with Crippen LogP contribution in [0.25, 0.3) is 0 Å². The topological polar surface area (TPSA) is 60.0 Å². The van der Waals surface area contributed by atoms with E-state index in [1.165, 1.54) is 12.1 Å². The van der Waals surface area contributed by atoms with Crippen LogP contribution in [0, 0.1) is 11.7 Å². The Morgan fingerprint density at radius 2 is 1.76 bits per heavy atom. The van der Waals surface area contributed by atoms with Gasteiger partial charge in [0.1, 0.15) is 23.9 Å². The monoisotopic (exact) mass is 511 g/mol. The van der Waals surface area contributed by atoms with Gasteiger partial charge in [0.15, 0.2) is 5.60 Å². The molecular formula is C26H32Cl2FNO4. The molecule has 1 heterocycles. The summed E-state index contributed by atoms with van der Waals surface area (Å²) in [6.07, 6.45) is 5.72. The Morgan fingerprint density at radius 3 is 2.41 bits per heavy atom. The van der Waals surface area contributed by atoms with E-state index in [0.717, 1.165) is 44.3 Å². The zero-order chi connectivity index (χ0) is 24.0.